The van der Waals surface area contributed by atoms with Crippen molar-refractivity contribution in [1.29, 1.82) is 5.26 Å². The molecule has 0 aliphatic carbocycles. The van der Waals surface area contributed by atoms with Gasteiger partial charge in [-0.25, -0.2) is 4.79 Å². The zero-order valence-electron chi connectivity index (χ0n) is 19.6. The molecular formula is C25H30N4O4. The van der Waals surface area contributed by atoms with Gasteiger partial charge in [-0.15, -0.1) is 0 Å². The topological polar surface area (TPSA) is 108 Å². The number of aromatic amines is 1. The predicted octanol–water partition coefficient (Wildman–Crippen LogP) is 3.66. The first-order chi connectivity index (χ1) is 15.7. The first kappa shape index (κ1) is 24.1. The summed E-state index contributed by atoms with van der Waals surface area (Å²) in [7, 11) is 0. The van der Waals surface area contributed by atoms with E-state index in [1.165, 1.54) is 18.3 Å². The fraction of sp³-hybridized carbons (Fsp3) is 0.440. The highest BCUT2D eigenvalue weighted by atomic mass is 16.5. The summed E-state index contributed by atoms with van der Waals surface area (Å²) in [4.78, 5) is 41.9. The van der Waals surface area contributed by atoms with E-state index in [1.807, 2.05) is 26.0 Å². The van der Waals surface area contributed by atoms with Gasteiger partial charge in [0, 0.05) is 42.8 Å². The molecule has 33 heavy (non-hydrogen) atoms. The van der Waals surface area contributed by atoms with Crippen molar-refractivity contribution in [1.82, 2.24) is 14.5 Å². The Morgan fingerprint density at radius 3 is 2.55 bits per heavy atom. The molecule has 1 fully saturated rings. The van der Waals surface area contributed by atoms with Crippen molar-refractivity contribution in [3.05, 3.63) is 52.1 Å². The Kier molecular flexibility index (Phi) is 7.54. The van der Waals surface area contributed by atoms with Gasteiger partial charge in [-0.2, -0.15) is 5.26 Å². The number of hydrogen-bond acceptors (Lipinski definition) is 5. The van der Waals surface area contributed by atoms with Crippen LogP contribution < -0.4 is 0 Å². The van der Waals surface area contributed by atoms with E-state index in [2.05, 4.69) is 23.4 Å². The van der Waals surface area contributed by atoms with Gasteiger partial charge in [-0.1, -0.05) is 13.8 Å². The highest BCUT2D eigenvalue weighted by Crippen LogP contribution is 2.20. The molecule has 0 bridgehead atoms. The maximum atomic E-state index is 12.5. The van der Waals surface area contributed by atoms with E-state index >= 15 is 0 Å². The van der Waals surface area contributed by atoms with Crippen molar-refractivity contribution in [3.63, 3.8) is 0 Å². The van der Waals surface area contributed by atoms with Crippen molar-refractivity contribution in [3.8, 4) is 6.07 Å². The summed E-state index contributed by atoms with van der Waals surface area (Å²) >= 11 is 0. The molecule has 8 nitrogen and oxygen atoms in total. The second kappa shape index (κ2) is 10.3. The van der Waals surface area contributed by atoms with Crippen molar-refractivity contribution < 1.29 is 19.1 Å². The summed E-state index contributed by atoms with van der Waals surface area (Å²) < 4.78 is 7.25. The van der Waals surface area contributed by atoms with Crippen LogP contribution in [-0.4, -0.2) is 51.8 Å². The zero-order chi connectivity index (χ0) is 24.1. The van der Waals surface area contributed by atoms with Crippen LogP contribution in [0.3, 0.4) is 0 Å². The molecule has 1 N–H and O–H groups in total. The number of aryl methyl sites for hydroxylation is 1. The number of amides is 1. The number of ketones is 1. The third kappa shape index (κ3) is 5.61. The average molecular weight is 451 g/mol. The van der Waals surface area contributed by atoms with Crippen LogP contribution in [0.4, 0.5) is 0 Å². The number of nitriles is 1. The van der Waals surface area contributed by atoms with Gasteiger partial charge < -0.3 is 19.2 Å². The number of H-pyrrole nitrogens is 1. The molecule has 1 aliphatic heterocycles. The van der Waals surface area contributed by atoms with Gasteiger partial charge in [-0.05, 0) is 56.4 Å². The van der Waals surface area contributed by atoms with Crippen molar-refractivity contribution in [2.24, 2.45) is 5.92 Å². The van der Waals surface area contributed by atoms with Gasteiger partial charge in [-0.3, -0.25) is 9.59 Å². The lowest BCUT2D eigenvalue weighted by Crippen LogP contribution is -2.27. The van der Waals surface area contributed by atoms with Crippen LogP contribution in [-0.2, 0) is 16.1 Å². The van der Waals surface area contributed by atoms with E-state index in [4.69, 9.17) is 4.74 Å². The first-order valence-corrected chi connectivity index (χ1v) is 11.2. The molecule has 0 unspecified atom stereocenters. The Hall–Kier alpha value is -3.60. The number of likely N-dealkylation sites (tertiary alicyclic amines) is 1. The Morgan fingerprint density at radius 2 is 1.91 bits per heavy atom. The molecular weight excluding hydrogens is 420 g/mol. The monoisotopic (exact) mass is 450 g/mol. The fourth-order valence-corrected chi connectivity index (χ4v) is 3.97. The van der Waals surface area contributed by atoms with E-state index in [-0.39, 0.29) is 17.0 Å². The minimum absolute atomic E-state index is 0.145. The zero-order valence-corrected chi connectivity index (χ0v) is 19.6. The molecule has 1 amide bonds. The van der Waals surface area contributed by atoms with Crippen LogP contribution in [0.2, 0.25) is 0 Å². The SMILES string of the molecule is Cc1cc(/C=C(\C#N)C(=O)OCC(=O)c2c[nH]c(C(=O)N3CCCC3)c2)c(C)n1CC(C)C. The molecule has 2 aromatic heterocycles. The van der Waals surface area contributed by atoms with Gasteiger partial charge in [0.25, 0.3) is 5.91 Å². The Bertz CT molecular complexity index is 1120. The number of aromatic nitrogens is 2. The maximum absolute atomic E-state index is 12.5. The summed E-state index contributed by atoms with van der Waals surface area (Å²) in [5.41, 5.74) is 3.18. The number of nitrogens with one attached hydrogen (secondary N) is 1. The van der Waals surface area contributed by atoms with E-state index < -0.39 is 18.4 Å². The van der Waals surface area contributed by atoms with Crippen molar-refractivity contribution in [2.75, 3.05) is 19.7 Å². The summed E-state index contributed by atoms with van der Waals surface area (Å²) in [6.07, 6.45) is 4.88. The standard InChI is InChI=1S/C25H30N4O4/c1-16(2)14-29-17(3)9-19(18(29)4)10-20(12-26)25(32)33-15-23(30)21-11-22(27-13-21)24(31)28-7-5-6-8-28/h9-11,13,16,27H,5-8,14-15H2,1-4H3/b20-10+. The molecule has 0 spiro atoms. The quantitative estimate of drug-likeness (QED) is 0.286. The van der Waals surface area contributed by atoms with Crippen LogP contribution in [0, 0.1) is 31.1 Å². The van der Waals surface area contributed by atoms with Crippen molar-refractivity contribution in [2.45, 2.75) is 47.1 Å². The minimum Gasteiger partial charge on any atom is -0.453 e. The lowest BCUT2D eigenvalue weighted by atomic mass is 10.1. The highest BCUT2D eigenvalue weighted by molar-refractivity contribution is 6.03. The third-order valence-electron chi connectivity index (χ3n) is 5.76. The van der Waals surface area contributed by atoms with Gasteiger partial charge in [0.05, 0.1) is 0 Å². The maximum Gasteiger partial charge on any atom is 0.349 e. The molecule has 0 atom stereocenters. The van der Waals surface area contributed by atoms with Crippen LogP contribution in [0.15, 0.2) is 23.9 Å². The molecule has 3 heterocycles. The molecule has 1 saturated heterocycles. The molecule has 1 aliphatic rings. The summed E-state index contributed by atoms with van der Waals surface area (Å²) in [5, 5.41) is 9.46. The van der Waals surface area contributed by atoms with Crippen LogP contribution in [0.25, 0.3) is 6.08 Å². The lowest BCUT2D eigenvalue weighted by molar-refractivity contribution is -0.137. The molecule has 8 heteroatoms. The molecule has 0 aromatic carbocycles. The third-order valence-corrected chi connectivity index (χ3v) is 5.76. The number of ether oxygens (including phenoxy) is 1. The number of Topliss-reactive ketones (excluding diaryl/α,β-unsaturated/α-hetero) is 1. The van der Waals surface area contributed by atoms with E-state index in [1.54, 1.807) is 4.90 Å². The number of hydrogen-bond donors (Lipinski definition) is 1. The number of carbonyl (C=O) groups is 3. The second-order valence-corrected chi connectivity index (χ2v) is 8.80. The smallest absolute Gasteiger partial charge is 0.349 e. The molecule has 0 radical (unpaired) electrons. The average Bonchev–Trinajstić information content (AvgIpc) is 3.53. The Labute approximate surface area is 193 Å². The minimum atomic E-state index is -0.858. The summed E-state index contributed by atoms with van der Waals surface area (Å²) in [5.74, 6) is -0.998. The number of esters is 1. The largest absolute Gasteiger partial charge is 0.453 e. The van der Waals surface area contributed by atoms with E-state index in [0.717, 1.165) is 36.3 Å². The van der Waals surface area contributed by atoms with Gasteiger partial charge in [0.1, 0.15) is 17.3 Å². The second-order valence-electron chi connectivity index (χ2n) is 8.80. The van der Waals surface area contributed by atoms with Gasteiger partial charge in [0.2, 0.25) is 5.78 Å². The van der Waals surface area contributed by atoms with Crippen LogP contribution in [0.5, 0.6) is 0 Å². The molecule has 0 saturated carbocycles. The van der Waals surface area contributed by atoms with E-state index in [9.17, 15) is 19.6 Å². The van der Waals surface area contributed by atoms with Crippen LogP contribution >= 0.6 is 0 Å². The summed E-state index contributed by atoms with van der Waals surface area (Å²) in [6, 6.07) is 5.27. The molecule has 2 aromatic rings. The summed E-state index contributed by atoms with van der Waals surface area (Å²) in [6.45, 7) is 9.92. The Balaban J connectivity index is 1.64. The predicted molar refractivity (Wildman–Crippen MR) is 124 cm³/mol. The van der Waals surface area contributed by atoms with Gasteiger partial charge >= 0.3 is 5.97 Å². The molecule has 3 rings (SSSR count). The lowest BCUT2D eigenvalue weighted by Gasteiger charge is -2.13. The number of carbonyl (C=O) groups excluding carboxylic acids is 3. The van der Waals surface area contributed by atoms with E-state index in [0.29, 0.717) is 24.7 Å². The number of rotatable bonds is 8. The number of nitrogens with zero attached hydrogens (tertiary/aromatic N) is 3. The first-order valence-electron chi connectivity index (χ1n) is 11.2. The fourth-order valence-electron chi connectivity index (χ4n) is 3.97. The normalized spacial score (nSPS) is 13.9. The van der Waals surface area contributed by atoms with Crippen LogP contribution in [0.1, 0.15) is 64.5 Å². The highest BCUT2D eigenvalue weighted by Gasteiger charge is 2.22. The van der Waals surface area contributed by atoms with Crippen molar-refractivity contribution >= 4 is 23.7 Å². The molecule has 174 valence electrons. The Morgan fingerprint density at radius 1 is 1.21 bits per heavy atom. The van der Waals surface area contributed by atoms with Gasteiger partial charge in [0.15, 0.2) is 6.61 Å².